The van der Waals surface area contributed by atoms with Crippen molar-refractivity contribution in [1.82, 2.24) is 14.8 Å². The molecule has 2 aromatic carbocycles. The van der Waals surface area contributed by atoms with Crippen molar-refractivity contribution in [2.24, 2.45) is 0 Å². The number of aromatic nitrogens is 3. The summed E-state index contributed by atoms with van der Waals surface area (Å²) in [6, 6.07) is 9.66. The van der Waals surface area contributed by atoms with Gasteiger partial charge in [0.15, 0.2) is 17.1 Å². The molecule has 12 heteroatoms. The van der Waals surface area contributed by atoms with Crippen LogP contribution in [0, 0.1) is 0 Å². The first-order valence-electron chi connectivity index (χ1n) is 9.73. The Labute approximate surface area is 202 Å². The Hall–Kier alpha value is -2.43. The van der Waals surface area contributed by atoms with Gasteiger partial charge in [-0.3, -0.25) is 4.79 Å². The number of para-hydroxylation sites is 1. The van der Waals surface area contributed by atoms with E-state index in [1.807, 2.05) is 6.92 Å². The van der Waals surface area contributed by atoms with Gasteiger partial charge in [0.1, 0.15) is 5.75 Å². The van der Waals surface area contributed by atoms with Crippen LogP contribution in [0.4, 0.5) is 18.9 Å². The summed E-state index contributed by atoms with van der Waals surface area (Å²) in [4.78, 5) is 12.3. The van der Waals surface area contributed by atoms with E-state index in [0.717, 1.165) is 17.8 Å². The number of nitrogens with zero attached hydrogens (tertiary/aromatic N) is 3. The highest BCUT2D eigenvalue weighted by atomic mass is 35.5. The molecule has 1 aromatic heterocycles. The number of carbonyl (C=O) groups excluding carboxylic acids is 1. The van der Waals surface area contributed by atoms with Gasteiger partial charge < -0.3 is 14.6 Å². The Morgan fingerprint density at radius 2 is 1.94 bits per heavy atom. The van der Waals surface area contributed by atoms with E-state index >= 15 is 0 Å². The van der Waals surface area contributed by atoms with Crippen LogP contribution in [0.2, 0.25) is 10.0 Å². The Kier molecular flexibility index (Phi) is 8.14. The topological polar surface area (TPSA) is 69.0 Å². The smallest absolute Gasteiger partial charge is 0.418 e. The average Bonchev–Trinajstić information content (AvgIpc) is 3.17. The number of halogens is 5. The summed E-state index contributed by atoms with van der Waals surface area (Å²) in [5.74, 6) is 0.189. The maximum Gasteiger partial charge on any atom is 0.418 e. The molecule has 0 fully saturated rings. The molecule has 1 N–H and O–H groups in total. The van der Waals surface area contributed by atoms with E-state index in [1.165, 1.54) is 18.2 Å². The zero-order valence-electron chi connectivity index (χ0n) is 17.5. The third-order valence-corrected chi connectivity index (χ3v) is 5.96. The zero-order chi connectivity index (χ0) is 24.2. The maximum atomic E-state index is 13.1. The molecule has 0 radical (unpaired) electrons. The first kappa shape index (κ1) is 25.2. The van der Waals surface area contributed by atoms with Crippen LogP contribution in [0.3, 0.4) is 0 Å². The molecule has 1 amide bonds. The van der Waals surface area contributed by atoms with Gasteiger partial charge in [-0.05, 0) is 44.2 Å². The Bertz CT molecular complexity index is 1140. The molecule has 0 saturated carbocycles. The van der Waals surface area contributed by atoms with Gasteiger partial charge in [0.05, 0.1) is 22.0 Å². The van der Waals surface area contributed by atoms with E-state index in [9.17, 15) is 18.0 Å². The lowest BCUT2D eigenvalue weighted by molar-refractivity contribution is -0.137. The molecule has 0 aliphatic carbocycles. The molecular formula is C21H19Cl2F3N4O2S. The minimum absolute atomic E-state index is 0.150. The molecule has 0 bridgehead atoms. The van der Waals surface area contributed by atoms with E-state index in [1.54, 1.807) is 29.7 Å². The normalized spacial score (nSPS) is 12.5. The van der Waals surface area contributed by atoms with Crippen molar-refractivity contribution in [2.75, 3.05) is 11.1 Å². The third kappa shape index (κ3) is 6.33. The number of carbonyl (C=O) groups is 1. The highest BCUT2D eigenvalue weighted by Crippen LogP contribution is 2.35. The lowest BCUT2D eigenvalue weighted by atomic mass is 10.1. The van der Waals surface area contributed by atoms with E-state index in [0.29, 0.717) is 33.3 Å². The SMILES string of the molecule is CCn1c(SCC(=O)Nc2ccccc2C(F)(F)F)nnc1C(C)Oc1ccc(Cl)cc1Cl. The lowest BCUT2D eigenvalue weighted by Gasteiger charge is -2.16. The molecular weight excluding hydrogens is 500 g/mol. The third-order valence-electron chi connectivity index (χ3n) is 4.46. The number of hydrogen-bond acceptors (Lipinski definition) is 5. The summed E-state index contributed by atoms with van der Waals surface area (Å²) >= 11 is 13.1. The Morgan fingerprint density at radius 1 is 1.21 bits per heavy atom. The number of alkyl halides is 3. The highest BCUT2D eigenvalue weighted by molar-refractivity contribution is 7.99. The number of hydrogen-bond donors (Lipinski definition) is 1. The predicted molar refractivity (Wildman–Crippen MR) is 122 cm³/mol. The van der Waals surface area contributed by atoms with Gasteiger partial charge in [0.2, 0.25) is 5.91 Å². The van der Waals surface area contributed by atoms with E-state index < -0.39 is 23.8 Å². The molecule has 1 heterocycles. The summed E-state index contributed by atoms with van der Waals surface area (Å²) in [6.07, 6.45) is -5.09. The van der Waals surface area contributed by atoms with Gasteiger partial charge in [-0.25, -0.2) is 0 Å². The largest absolute Gasteiger partial charge is 0.481 e. The lowest BCUT2D eigenvalue weighted by Crippen LogP contribution is -2.18. The molecule has 33 heavy (non-hydrogen) atoms. The fourth-order valence-corrected chi connectivity index (χ4v) is 4.24. The summed E-state index contributed by atoms with van der Waals surface area (Å²) in [5, 5.41) is 11.8. The second-order valence-corrected chi connectivity index (χ2v) is 8.59. The quantitative estimate of drug-likeness (QED) is 0.345. The molecule has 0 saturated heterocycles. The van der Waals surface area contributed by atoms with Crippen LogP contribution >= 0.6 is 35.0 Å². The van der Waals surface area contributed by atoms with Crippen LogP contribution < -0.4 is 10.1 Å². The number of nitrogens with one attached hydrogen (secondary N) is 1. The van der Waals surface area contributed by atoms with Crippen LogP contribution in [-0.2, 0) is 17.5 Å². The van der Waals surface area contributed by atoms with E-state index in [4.69, 9.17) is 27.9 Å². The first-order chi connectivity index (χ1) is 15.6. The van der Waals surface area contributed by atoms with Crippen molar-refractivity contribution in [2.45, 2.75) is 37.8 Å². The number of rotatable bonds is 8. The minimum atomic E-state index is -4.57. The van der Waals surface area contributed by atoms with E-state index in [-0.39, 0.29) is 11.4 Å². The fraction of sp³-hybridized carbons (Fsp3) is 0.286. The van der Waals surface area contributed by atoms with Crippen molar-refractivity contribution < 1.29 is 22.7 Å². The summed E-state index contributed by atoms with van der Waals surface area (Å²) in [5.41, 5.74) is -1.20. The molecule has 0 spiro atoms. The van der Waals surface area contributed by atoms with Gasteiger partial charge in [-0.2, -0.15) is 13.2 Å². The van der Waals surface area contributed by atoms with E-state index in [2.05, 4.69) is 15.5 Å². The van der Waals surface area contributed by atoms with Crippen LogP contribution in [0.1, 0.15) is 31.3 Å². The fourth-order valence-electron chi connectivity index (χ4n) is 2.97. The van der Waals surface area contributed by atoms with Crippen LogP contribution in [0.15, 0.2) is 47.6 Å². The maximum absolute atomic E-state index is 13.1. The summed E-state index contributed by atoms with van der Waals surface area (Å²) < 4.78 is 47.0. The molecule has 176 valence electrons. The Morgan fingerprint density at radius 3 is 2.61 bits per heavy atom. The average molecular weight is 519 g/mol. The molecule has 1 atom stereocenters. The van der Waals surface area contributed by atoms with Crippen LogP contribution in [0.25, 0.3) is 0 Å². The Balaban J connectivity index is 1.67. The summed E-state index contributed by atoms with van der Waals surface area (Å²) in [7, 11) is 0. The molecule has 1 unspecified atom stereocenters. The molecule has 0 aliphatic heterocycles. The standard InChI is InChI=1S/C21H19Cl2F3N4O2S/c1-3-30-19(12(2)32-17-9-8-13(22)10-15(17)23)28-29-20(30)33-11-18(31)27-16-7-5-4-6-14(16)21(24,25)26/h4-10,12H,3,11H2,1-2H3,(H,27,31). The number of thioether (sulfide) groups is 1. The van der Waals surface area contributed by atoms with Gasteiger partial charge in [-0.1, -0.05) is 47.1 Å². The number of amides is 1. The zero-order valence-corrected chi connectivity index (χ0v) is 19.8. The van der Waals surface area contributed by atoms with Crippen molar-refractivity contribution in [3.8, 4) is 5.75 Å². The molecule has 3 aromatic rings. The van der Waals surface area contributed by atoms with Crippen molar-refractivity contribution >= 4 is 46.6 Å². The highest BCUT2D eigenvalue weighted by Gasteiger charge is 2.33. The second-order valence-electron chi connectivity index (χ2n) is 6.80. The molecule has 6 nitrogen and oxygen atoms in total. The van der Waals surface area contributed by atoms with Gasteiger partial charge in [0, 0.05) is 11.6 Å². The molecule has 0 aliphatic rings. The van der Waals surface area contributed by atoms with Gasteiger partial charge in [0.25, 0.3) is 0 Å². The number of anilines is 1. The van der Waals surface area contributed by atoms with Gasteiger partial charge in [-0.15, -0.1) is 10.2 Å². The van der Waals surface area contributed by atoms with Gasteiger partial charge >= 0.3 is 6.18 Å². The number of ether oxygens (including phenoxy) is 1. The predicted octanol–water partition coefficient (Wildman–Crippen LogP) is 6.49. The van der Waals surface area contributed by atoms with Crippen molar-refractivity contribution in [3.05, 3.63) is 63.9 Å². The molecule has 3 rings (SSSR count). The minimum Gasteiger partial charge on any atom is -0.481 e. The van der Waals surface area contributed by atoms with Crippen LogP contribution in [0.5, 0.6) is 5.75 Å². The van der Waals surface area contributed by atoms with Crippen LogP contribution in [-0.4, -0.2) is 26.4 Å². The first-order valence-corrected chi connectivity index (χ1v) is 11.5. The van der Waals surface area contributed by atoms with Crippen molar-refractivity contribution in [1.29, 1.82) is 0 Å². The number of benzene rings is 2. The summed E-state index contributed by atoms with van der Waals surface area (Å²) in [6.45, 7) is 4.14. The second kappa shape index (κ2) is 10.7. The van der Waals surface area contributed by atoms with Crippen molar-refractivity contribution in [3.63, 3.8) is 0 Å². The monoisotopic (exact) mass is 518 g/mol.